The number of amides is 3. The average Bonchev–Trinajstić information content (AvgIpc) is 2.11. The molecule has 0 aromatic carbocycles. The molecule has 0 rings (SSSR count). The molecule has 5 nitrogen and oxygen atoms in total. The van der Waals surface area contributed by atoms with E-state index in [2.05, 4.69) is 16.0 Å². The molecule has 0 aromatic rings. The molecule has 0 aliphatic carbocycles. The van der Waals surface area contributed by atoms with Crippen molar-refractivity contribution < 1.29 is 9.59 Å². The Morgan fingerprint density at radius 1 is 1.06 bits per heavy atom. The third-order valence-corrected chi connectivity index (χ3v) is 1.69. The Morgan fingerprint density at radius 3 is 2.12 bits per heavy atom. The highest BCUT2D eigenvalue weighted by molar-refractivity contribution is 5.78. The minimum atomic E-state index is -0.221. The first-order valence-electron chi connectivity index (χ1n) is 5.68. The van der Waals surface area contributed by atoms with Gasteiger partial charge >= 0.3 is 6.03 Å². The maximum absolute atomic E-state index is 11.4. The summed E-state index contributed by atoms with van der Waals surface area (Å²) in [6.07, 6.45) is 1.20. The molecule has 5 heteroatoms. The van der Waals surface area contributed by atoms with Crippen molar-refractivity contribution in [3.8, 4) is 0 Å². The summed E-state index contributed by atoms with van der Waals surface area (Å²) in [4.78, 5) is 22.5. The predicted molar refractivity (Wildman–Crippen MR) is 64.2 cm³/mol. The van der Waals surface area contributed by atoms with Crippen LogP contribution < -0.4 is 16.0 Å². The van der Waals surface area contributed by atoms with Crippen molar-refractivity contribution in [2.45, 2.75) is 46.1 Å². The van der Waals surface area contributed by atoms with Crippen molar-refractivity contribution in [3.63, 3.8) is 0 Å². The third kappa shape index (κ3) is 9.30. The highest BCUT2D eigenvalue weighted by atomic mass is 16.2. The zero-order chi connectivity index (χ0) is 12.6. The van der Waals surface area contributed by atoms with Crippen LogP contribution in [0.3, 0.4) is 0 Å². The summed E-state index contributed by atoms with van der Waals surface area (Å²) in [5, 5.41) is 8.12. The second-order valence-corrected chi connectivity index (χ2v) is 4.73. The van der Waals surface area contributed by atoms with E-state index in [1.807, 2.05) is 27.7 Å². The molecule has 16 heavy (non-hydrogen) atoms. The summed E-state index contributed by atoms with van der Waals surface area (Å²) < 4.78 is 0. The maximum atomic E-state index is 11.4. The standard InChI is InChI=1S/C11H23N3O2/c1-5-7-12-10(16)13-8-6-9(15)14-11(2,3)4/h5-8H2,1-4H3,(H,14,15)(H2,12,13,16). The van der Waals surface area contributed by atoms with Crippen LogP contribution in [0.5, 0.6) is 0 Å². The van der Waals surface area contributed by atoms with Crippen LogP contribution in [0.2, 0.25) is 0 Å². The van der Waals surface area contributed by atoms with Crippen LogP contribution >= 0.6 is 0 Å². The Morgan fingerprint density at radius 2 is 1.62 bits per heavy atom. The Balaban J connectivity index is 3.58. The summed E-state index contributed by atoms with van der Waals surface area (Å²) in [7, 11) is 0. The fraction of sp³-hybridized carbons (Fsp3) is 0.818. The van der Waals surface area contributed by atoms with E-state index in [1.165, 1.54) is 0 Å². The van der Waals surface area contributed by atoms with Crippen molar-refractivity contribution in [3.05, 3.63) is 0 Å². The van der Waals surface area contributed by atoms with E-state index in [0.29, 0.717) is 19.5 Å². The van der Waals surface area contributed by atoms with Gasteiger partial charge < -0.3 is 16.0 Å². The quantitative estimate of drug-likeness (QED) is 0.658. The molecule has 0 unspecified atom stereocenters. The summed E-state index contributed by atoms with van der Waals surface area (Å²) in [5.74, 6) is -0.0525. The molecule has 0 atom stereocenters. The normalized spacial score (nSPS) is 10.8. The van der Waals surface area contributed by atoms with E-state index >= 15 is 0 Å². The molecule has 0 aliphatic rings. The molecule has 0 saturated carbocycles. The van der Waals surface area contributed by atoms with Gasteiger partial charge in [-0.3, -0.25) is 4.79 Å². The van der Waals surface area contributed by atoms with Crippen LogP contribution in [0.1, 0.15) is 40.5 Å². The molecule has 0 radical (unpaired) electrons. The van der Waals surface area contributed by atoms with Gasteiger partial charge in [-0.2, -0.15) is 0 Å². The Bertz CT molecular complexity index is 234. The third-order valence-electron chi connectivity index (χ3n) is 1.69. The molecule has 94 valence electrons. The molecular formula is C11H23N3O2. The van der Waals surface area contributed by atoms with Crippen molar-refractivity contribution in [2.24, 2.45) is 0 Å². The molecule has 0 aromatic heterocycles. The lowest BCUT2D eigenvalue weighted by Gasteiger charge is -2.20. The SMILES string of the molecule is CCCNC(=O)NCCC(=O)NC(C)(C)C. The molecule has 0 heterocycles. The lowest BCUT2D eigenvalue weighted by Crippen LogP contribution is -2.43. The van der Waals surface area contributed by atoms with Crippen LogP contribution in [0.15, 0.2) is 0 Å². The van der Waals surface area contributed by atoms with Crippen molar-refractivity contribution in [1.82, 2.24) is 16.0 Å². The number of rotatable bonds is 5. The number of carbonyl (C=O) groups excluding carboxylic acids is 2. The first kappa shape index (κ1) is 14.7. The van der Waals surface area contributed by atoms with E-state index in [0.717, 1.165) is 6.42 Å². The minimum absolute atomic E-state index is 0.0525. The molecule has 0 saturated heterocycles. The number of hydrogen-bond donors (Lipinski definition) is 3. The van der Waals surface area contributed by atoms with Crippen LogP contribution in [-0.4, -0.2) is 30.6 Å². The molecule has 0 spiro atoms. The fourth-order valence-corrected chi connectivity index (χ4v) is 1.07. The van der Waals surface area contributed by atoms with Crippen LogP contribution in [0.25, 0.3) is 0 Å². The van der Waals surface area contributed by atoms with Crippen LogP contribution in [-0.2, 0) is 4.79 Å². The molecular weight excluding hydrogens is 206 g/mol. The number of carbonyl (C=O) groups is 2. The first-order valence-corrected chi connectivity index (χ1v) is 5.68. The van der Waals surface area contributed by atoms with Gasteiger partial charge in [0.05, 0.1) is 0 Å². The average molecular weight is 229 g/mol. The summed E-state index contributed by atoms with van der Waals surface area (Å²) in [6.45, 7) is 8.76. The summed E-state index contributed by atoms with van der Waals surface area (Å²) >= 11 is 0. The highest BCUT2D eigenvalue weighted by Crippen LogP contribution is 1.98. The zero-order valence-corrected chi connectivity index (χ0v) is 10.6. The predicted octanol–water partition coefficient (Wildman–Crippen LogP) is 1.00. The largest absolute Gasteiger partial charge is 0.351 e. The van der Waals surface area contributed by atoms with Crippen molar-refractivity contribution >= 4 is 11.9 Å². The Kier molecular flexibility index (Phi) is 6.53. The zero-order valence-electron chi connectivity index (χ0n) is 10.6. The fourth-order valence-electron chi connectivity index (χ4n) is 1.07. The van der Waals surface area contributed by atoms with Crippen LogP contribution in [0.4, 0.5) is 4.79 Å². The second kappa shape index (κ2) is 7.09. The van der Waals surface area contributed by atoms with Gasteiger partial charge in [-0.25, -0.2) is 4.79 Å². The van der Waals surface area contributed by atoms with Gasteiger partial charge in [-0.1, -0.05) is 6.92 Å². The Hall–Kier alpha value is -1.26. The van der Waals surface area contributed by atoms with E-state index in [9.17, 15) is 9.59 Å². The molecule has 0 bridgehead atoms. The van der Waals surface area contributed by atoms with Gasteiger partial charge in [-0.15, -0.1) is 0 Å². The van der Waals surface area contributed by atoms with E-state index in [1.54, 1.807) is 0 Å². The topological polar surface area (TPSA) is 70.2 Å². The van der Waals surface area contributed by atoms with Gasteiger partial charge in [0.2, 0.25) is 5.91 Å². The molecule has 3 amide bonds. The second-order valence-electron chi connectivity index (χ2n) is 4.73. The molecule has 3 N–H and O–H groups in total. The minimum Gasteiger partial charge on any atom is -0.351 e. The van der Waals surface area contributed by atoms with E-state index < -0.39 is 0 Å². The number of hydrogen-bond acceptors (Lipinski definition) is 2. The van der Waals surface area contributed by atoms with Gasteiger partial charge in [0.15, 0.2) is 0 Å². The number of nitrogens with one attached hydrogen (secondary N) is 3. The maximum Gasteiger partial charge on any atom is 0.314 e. The van der Waals surface area contributed by atoms with E-state index in [4.69, 9.17) is 0 Å². The van der Waals surface area contributed by atoms with Gasteiger partial charge in [0, 0.05) is 25.0 Å². The van der Waals surface area contributed by atoms with Crippen molar-refractivity contribution in [2.75, 3.05) is 13.1 Å². The molecule has 0 fully saturated rings. The van der Waals surface area contributed by atoms with Gasteiger partial charge in [0.1, 0.15) is 0 Å². The smallest absolute Gasteiger partial charge is 0.314 e. The monoisotopic (exact) mass is 229 g/mol. The lowest BCUT2D eigenvalue weighted by atomic mass is 10.1. The first-order chi connectivity index (χ1) is 7.35. The number of urea groups is 1. The lowest BCUT2D eigenvalue weighted by molar-refractivity contribution is -0.122. The van der Waals surface area contributed by atoms with Gasteiger partial charge in [-0.05, 0) is 27.2 Å². The molecule has 0 aliphatic heterocycles. The summed E-state index contributed by atoms with van der Waals surface area (Å²) in [6, 6.07) is -0.217. The summed E-state index contributed by atoms with van der Waals surface area (Å²) in [5.41, 5.74) is -0.221. The van der Waals surface area contributed by atoms with Gasteiger partial charge in [0.25, 0.3) is 0 Å². The Labute approximate surface area is 97.4 Å². The van der Waals surface area contributed by atoms with E-state index in [-0.39, 0.29) is 17.5 Å². The van der Waals surface area contributed by atoms with Crippen molar-refractivity contribution in [1.29, 1.82) is 0 Å². The highest BCUT2D eigenvalue weighted by Gasteiger charge is 2.13. The van der Waals surface area contributed by atoms with Crippen LogP contribution in [0, 0.1) is 0 Å².